The predicted molar refractivity (Wildman–Crippen MR) is 120 cm³/mol. The van der Waals surface area contributed by atoms with E-state index in [1.807, 2.05) is 0 Å². The summed E-state index contributed by atoms with van der Waals surface area (Å²) in [5.41, 5.74) is 4.00. The third-order valence-corrected chi connectivity index (χ3v) is 9.47. The Morgan fingerprint density at radius 1 is 1.00 bits per heavy atom. The van der Waals surface area contributed by atoms with E-state index in [9.17, 15) is 17.5 Å². The van der Waals surface area contributed by atoms with Gasteiger partial charge in [-0.3, -0.25) is 9.12 Å². The summed E-state index contributed by atoms with van der Waals surface area (Å²) in [4.78, 5) is -1.35. The van der Waals surface area contributed by atoms with Gasteiger partial charge in [-0.25, -0.2) is 0 Å². The summed E-state index contributed by atoms with van der Waals surface area (Å²) in [5, 5.41) is 0. The molecule has 0 aromatic rings. The molecule has 0 aliphatic rings. The van der Waals surface area contributed by atoms with Gasteiger partial charge < -0.3 is 4.52 Å². The zero-order valence-corrected chi connectivity index (χ0v) is 20.1. The fourth-order valence-corrected chi connectivity index (χ4v) is 6.86. The van der Waals surface area contributed by atoms with E-state index in [2.05, 4.69) is 45.9 Å². The molecule has 2 unspecified atom stereocenters. The van der Waals surface area contributed by atoms with E-state index in [1.54, 1.807) is 6.92 Å². The Morgan fingerprint density at radius 3 is 1.96 bits per heavy atom. The molecule has 7 heteroatoms. The molecule has 0 heterocycles. The molecule has 5 nitrogen and oxygen atoms in total. The summed E-state index contributed by atoms with van der Waals surface area (Å²) in [7, 11) is -7.81. The molecule has 0 aromatic carbocycles. The highest BCUT2D eigenvalue weighted by atomic mass is 32.2. The lowest BCUT2D eigenvalue weighted by Crippen LogP contribution is -2.21. The van der Waals surface area contributed by atoms with Crippen molar-refractivity contribution < 1.29 is 22.1 Å². The van der Waals surface area contributed by atoms with Crippen LogP contribution in [0.5, 0.6) is 0 Å². The molecule has 28 heavy (non-hydrogen) atoms. The Hall–Kier alpha value is -0.680. The first-order valence-electron chi connectivity index (χ1n) is 10.0. The van der Waals surface area contributed by atoms with Crippen molar-refractivity contribution in [1.82, 2.24) is 0 Å². The molecule has 0 saturated carbocycles. The number of allylic oxidation sites excluding steroid dienone is 6. The highest BCUT2D eigenvalue weighted by Crippen LogP contribution is 2.51. The zero-order chi connectivity index (χ0) is 21.8. The molecule has 0 saturated heterocycles. The minimum atomic E-state index is -4.40. The van der Waals surface area contributed by atoms with Gasteiger partial charge in [0.1, 0.15) is 0 Å². The number of hydrogen-bond acceptors (Lipinski definition) is 4. The van der Waals surface area contributed by atoms with Crippen molar-refractivity contribution in [3.63, 3.8) is 0 Å². The van der Waals surface area contributed by atoms with Crippen LogP contribution in [0.1, 0.15) is 79.6 Å². The van der Waals surface area contributed by atoms with Gasteiger partial charge in [0.05, 0.1) is 6.61 Å². The fourth-order valence-electron chi connectivity index (χ4n) is 2.94. The molecule has 0 fully saturated rings. The van der Waals surface area contributed by atoms with E-state index in [1.165, 1.54) is 23.4 Å². The largest absolute Gasteiger partial charge is 0.328 e. The standard InChI is InChI=1S/C21H39O5PS/c1-7-26-27(6,22)21(28(23,24)25)17-9-8-13-19(4)15-11-16-20(5)14-10-12-18(2)3/h12-13,16,21H,7-11,14-15,17H2,1-6H3,(H,23,24,25). The van der Waals surface area contributed by atoms with Crippen molar-refractivity contribution in [2.75, 3.05) is 13.3 Å². The molecule has 1 N–H and O–H groups in total. The van der Waals surface area contributed by atoms with Crippen LogP contribution in [0.2, 0.25) is 0 Å². The molecule has 0 bridgehead atoms. The molecule has 0 aliphatic carbocycles. The average molecular weight is 435 g/mol. The lowest BCUT2D eigenvalue weighted by Gasteiger charge is -2.21. The summed E-state index contributed by atoms with van der Waals surface area (Å²) in [6.45, 7) is 11.5. The van der Waals surface area contributed by atoms with E-state index in [0.717, 1.165) is 25.7 Å². The molecule has 2 atom stereocenters. The van der Waals surface area contributed by atoms with Crippen LogP contribution in [0.3, 0.4) is 0 Å². The maximum atomic E-state index is 12.4. The maximum absolute atomic E-state index is 12.4. The van der Waals surface area contributed by atoms with Crippen LogP contribution in [0, 0.1) is 0 Å². The summed E-state index contributed by atoms with van der Waals surface area (Å²) < 4.78 is 50.1. The minimum Gasteiger partial charge on any atom is -0.328 e. The van der Waals surface area contributed by atoms with Crippen LogP contribution < -0.4 is 0 Å². The average Bonchev–Trinajstić information content (AvgIpc) is 2.52. The van der Waals surface area contributed by atoms with Crippen molar-refractivity contribution in [2.45, 2.75) is 84.6 Å². The van der Waals surface area contributed by atoms with Crippen molar-refractivity contribution in [3.05, 3.63) is 34.9 Å². The Labute approximate surface area is 172 Å². The van der Waals surface area contributed by atoms with Crippen molar-refractivity contribution in [2.24, 2.45) is 0 Å². The van der Waals surface area contributed by atoms with Gasteiger partial charge >= 0.3 is 0 Å². The van der Waals surface area contributed by atoms with Crippen molar-refractivity contribution in [3.8, 4) is 0 Å². The Balaban J connectivity index is 4.46. The first-order valence-corrected chi connectivity index (χ1v) is 13.7. The zero-order valence-electron chi connectivity index (χ0n) is 18.4. The van der Waals surface area contributed by atoms with E-state index in [-0.39, 0.29) is 13.0 Å². The fraction of sp³-hybridized carbons (Fsp3) is 0.714. The van der Waals surface area contributed by atoms with Gasteiger partial charge in [-0.2, -0.15) is 8.42 Å². The molecular formula is C21H39O5PS. The van der Waals surface area contributed by atoms with Gasteiger partial charge in [0, 0.05) is 6.66 Å². The van der Waals surface area contributed by atoms with Crippen LogP contribution in [0.4, 0.5) is 0 Å². The van der Waals surface area contributed by atoms with Gasteiger partial charge in [0.2, 0.25) is 7.37 Å². The lowest BCUT2D eigenvalue weighted by molar-refractivity contribution is 0.331. The summed E-state index contributed by atoms with van der Waals surface area (Å²) in [6.07, 6.45) is 12.1. The SMILES string of the molecule is CCOP(C)(=O)C(CCCC=C(C)CCC=C(C)CCC=C(C)C)S(=O)(=O)O. The molecule has 0 aliphatic heterocycles. The highest BCUT2D eigenvalue weighted by Gasteiger charge is 2.38. The topological polar surface area (TPSA) is 80.7 Å². The Kier molecular flexibility index (Phi) is 13.2. The van der Waals surface area contributed by atoms with Crippen molar-refractivity contribution in [1.29, 1.82) is 0 Å². The van der Waals surface area contributed by atoms with Crippen molar-refractivity contribution >= 4 is 17.5 Å². The summed E-state index contributed by atoms with van der Waals surface area (Å²) in [5.74, 6) is 0. The van der Waals surface area contributed by atoms with Crippen LogP contribution in [-0.2, 0) is 19.2 Å². The van der Waals surface area contributed by atoms with Crippen LogP contribution in [-0.4, -0.2) is 31.2 Å². The molecule has 0 aromatic heterocycles. The van der Waals surface area contributed by atoms with E-state index in [4.69, 9.17) is 4.52 Å². The van der Waals surface area contributed by atoms with Crippen LogP contribution in [0.25, 0.3) is 0 Å². The Morgan fingerprint density at radius 2 is 1.50 bits per heavy atom. The molecule has 0 rings (SSSR count). The van der Waals surface area contributed by atoms with Gasteiger partial charge in [-0.05, 0) is 79.6 Å². The second-order valence-electron chi connectivity index (χ2n) is 7.69. The van der Waals surface area contributed by atoms with Gasteiger partial charge in [0.15, 0.2) is 4.99 Å². The highest BCUT2D eigenvalue weighted by molar-refractivity contribution is 7.94. The Bertz CT molecular complexity index is 700. The van der Waals surface area contributed by atoms with Gasteiger partial charge in [-0.1, -0.05) is 34.9 Å². The van der Waals surface area contributed by atoms with Crippen LogP contribution in [0.15, 0.2) is 34.9 Å². The van der Waals surface area contributed by atoms with E-state index in [0.29, 0.717) is 12.8 Å². The number of unbranched alkanes of at least 4 members (excludes halogenated alkanes) is 1. The third-order valence-electron chi connectivity index (χ3n) is 4.52. The minimum absolute atomic E-state index is 0.125. The van der Waals surface area contributed by atoms with Crippen LogP contribution >= 0.6 is 7.37 Å². The number of rotatable bonds is 14. The predicted octanol–water partition coefficient (Wildman–Crippen LogP) is 6.73. The smallest absolute Gasteiger partial charge is 0.277 e. The summed E-state index contributed by atoms with van der Waals surface area (Å²) >= 11 is 0. The quantitative estimate of drug-likeness (QED) is 0.142. The normalized spacial score (nSPS) is 16.5. The molecule has 0 radical (unpaired) electrons. The lowest BCUT2D eigenvalue weighted by atomic mass is 10.1. The third kappa shape index (κ3) is 12.7. The van der Waals surface area contributed by atoms with Gasteiger partial charge in [0.25, 0.3) is 10.1 Å². The van der Waals surface area contributed by atoms with Gasteiger partial charge in [-0.15, -0.1) is 0 Å². The molecular weight excluding hydrogens is 395 g/mol. The monoisotopic (exact) mass is 434 g/mol. The number of hydrogen-bond donors (Lipinski definition) is 1. The summed E-state index contributed by atoms with van der Waals surface area (Å²) in [6, 6.07) is 0. The van der Waals surface area contributed by atoms with E-state index < -0.39 is 22.5 Å². The second-order valence-corrected chi connectivity index (χ2v) is 12.3. The molecule has 0 spiro atoms. The first kappa shape index (κ1) is 27.3. The first-order chi connectivity index (χ1) is 12.9. The maximum Gasteiger partial charge on any atom is 0.277 e. The second kappa shape index (κ2) is 13.5. The van der Waals surface area contributed by atoms with E-state index >= 15 is 0 Å². The molecule has 0 amide bonds. The molecule has 164 valence electrons.